The first-order valence-corrected chi connectivity index (χ1v) is 24.2. The van der Waals surface area contributed by atoms with Crippen molar-refractivity contribution in [2.24, 2.45) is 10.8 Å². The van der Waals surface area contributed by atoms with Gasteiger partial charge in [0.05, 0.1) is 24.0 Å². The third-order valence-electron chi connectivity index (χ3n) is 11.6. The van der Waals surface area contributed by atoms with Crippen molar-refractivity contribution in [3.63, 3.8) is 0 Å². The van der Waals surface area contributed by atoms with E-state index in [1.165, 1.54) is 89.9 Å². The molecule has 0 aliphatic carbocycles. The van der Waals surface area contributed by atoms with E-state index in [1.54, 1.807) is 0 Å². The van der Waals surface area contributed by atoms with Crippen LogP contribution < -0.4 is 0 Å². The summed E-state index contributed by atoms with van der Waals surface area (Å²) >= 11 is 0. The Hall–Kier alpha value is -2.72. The van der Waals surface area contributed by atoms with Crippen molar-refractivity contribution in [1.29, 1.82) is 0 Å². The molecule has 0 aromatic heterocycles. The van der Waals surface area contributed by atoms with Crippen molar-refractivity contribution >= 4 is 23.9 Å². The Balaban J connectivity index is 4.46. The Labute approximate surface area is 367 Å². The van der Waals surface area contributed by atoms with Crippen LogP contribution in [-0.2, 0) is 47.6 Å². The lowest BCUT2D eigenvalue weighted by Gasteiger charge is -2.31. The molecule has 0 heterocycles. The van der Waals surface area contributed by atoms with Gasteiger partial charge in [0.15, 0.2) is 0 Å². The van der Waals surface area contributed by atoms with Crippen molar-refractivity contribution in [2.45, 2.75) is 207 Å². The van der Waals surface area contributed by atoms with Gasteiger partial charge in [-0.2, -0.15) is 0 Å². The normalized spacial score (nSPS) is 13.2. The average molecular weight is 851 g/mol. The fraction of sp³-hybridized carbons (Fsp3) is 0.840. The van der Waals surface area contributed by atoms with E-state index in [2.05, 4.69) is 27.0 Å². The molecule has 2 unspecified atom stereocenters. The topological polar surface area (TPSA) is 124 Å². The molecule has 0 saturated carbocycles. The third-order valence-corrected chi connectivity index (χ3v) is 11.6. The maximum absolute atomic E-state index is 12.7. The van der Waals surface area contributed by atoms with Crippen LogP contribution in [0.25, 0.3) is 0 Å². The van der Waals surface area contributed by atoms with Gasteiger partial charge in [0.25, 0.3) is 0 Å². The molecule has 0 spiro atoms. The monoisotopic (exact) mass is 851 g/mol. The van der Waals surface area contributed by atoms with Crippen LogP contribution in [0.15, 0.2) is 25.3 Å². The minimum absolute atomic E-state index is 0.102. The minimum atomic E-state index is -0.606. The zero-order chi connectivity index (χ0) is 44.4. The highest BCUT2D eigenvalue weighted by molar-refractivity contribution is 5.81. The number of rotatable bonds is 45. The molecule has 0 saturated heterocycles. The fourth-order valence-corrected chi connectivity index (χ4v) is 6.89. The van der Waals surface area contributed by atoms with Crippen molar-refractivity contribution in [1.82, 2.24) is 0 Å². The molecular weight excluding hydrogens is 761 g/mol. The summed E-state index contributed by atoms with van der Waals surface area (Å²) in [6.07, 6.45) is 31.6. The quantitative estimate of drug-likeness (QED) is 0.0253. The molecule has 0 aromatic rings. The predicted octanol–water partition coefficient (Wildman–Crippen LogP) is 12.5. The lowest BCUT2D eigenvalue weighted by Crippen LogP contribution is -2.38. The van der Waals surface area contributed by atoms with E-state index in [1.807, 2.05) is 13.8 Å². The van der Waals surface area contributed by atoms with E-state index in [-0.39, 0.29) is 38.4 Å². The summed E-state index contributed by atoms with van der Waals surface area (Å²) in [4.78, 5) is 49.1. The number of carbonyl (C=O) groups is 4. The van der Waals surface area contributed by atoms with E-state index in [0.717, 1.165) is 76.4 Å². The highest BCUT2D eigenvalue weighted by Gasteiger charge is 2.34. The molecule has 2 atom stereocenters. The SMILES string of the molecule is C=CC(=O)OCC(CC)(COCCCCCCCCCC)COC(=O)CCCCCCCCC(=O)OCC(CC)(COCCCCCCCCCCCC)COC(=O)C=C. The molecule has 60 heavy (non-hydrogen) atoms. The first-order chi connectivity index (χ1) is 29.1. The molecule has 0 bridgehead atoms. The van der Waals surface area contributed by atoms with Crippen LogP contribution in [0.1, 0.15) is 207 Å². The van der Waals surface area contributed by atoms with Crippen molar-refractivity contribution in [3.05, 3.63) is 25.3 Å². The van der Waals surface area contributed by atoms with Gasteiger partial charge in [-0.3, -0.25) is 9.59 Å². The van der Waals surface area contributed by atoms with E-state index >= 15 is 0 Å². The molecule has 0 amide bonds. The van der Waals surface area contributed by atoms with Crippen LogP contribution in [0.3, 0.4) is 0 Å². The smallest absolute Gasteiger partial charge is 0.330 e. The lowest BCUT2D eigenvalue weighted by atomic mass is 9.88. The second kappa shape index (κ2) is 40.4. The molecule has 10 heteroatoms. The Morgan fingerprint density at radius 1 is 0.383 bits per heavy atom. The standard InChI is InChI=1S/C50H90O10/c1-7-13-15-17-19-21-22-26-30-34-38-56-40-50(12-6,42-58-46(52)10-4)44-60-48(54)36-32-28-24-23-27-31-35-47(53)59-43-49(11-5,41-57-45(51)9-3)39-55-37-33-29-25-20-18-16-14-8-2/h9-10H,3-4,7-8,11-44H2,1-2,5-6H3. The highest BCUT2D eigenvalue weighted by Crippen LogP contribution is 2.27. The maximum atomic E-state index is 12.7. The first kappa shape index (κ1) is 57.3. The van der Waals surface area contributed by atoms with Crippen LogP contribution in [0, 0.1) is 10.8 Å². The summed E-state index contributed by atoms with van der Waals surface area (Å²) < 4.78 is 34.3. The molecule has 0 N–H and O–H groups in total. The van der Waals surface area contributed by atoms with Gasteiger partial charge < -0.3 is 28.4 Å². The van der Waals surface area contributed by atoms with Crippen molar-refractivity contribution in [3.8, 4) is 0 Å². The van der Waals surface area contributed by atoms with Crippen LogP contribution in [0.5, 0.6) is 0 Å². The number of hydrogen-bond acceptors (Lipinski definition) is 10. The number of hydrogen-bond donors (Lipinski definition) is 0. The Morgan fingerprint density at radius 2 is 0.667 bits per heavy atom. The summed E-state index contributed by atoms with van der Waals surface area (Å²) in [5.74, 6) is -1.53. The Bertz CT molecular complexity index is 1090. The van der Waals surface area contributed by atoms with E-state index in [0.29, 0.717) is 52.1 Å². The third kappa shape index (κ3) is 33.0. The van der Waals surface area contributed by atoms with Crippen molar-refractivity contribution < 1.29 is 47.6 Å². The average Bonchev–Trinajstić information content (AvgIpc) is 3.26. The van der Waals surface area contributed by atoms with Gasteiger partial charge in [0.2, 0.25) is 0 Å². The second-order valence-corrected chi connectivity index (χ2v) is 17.0. The zero-order valence-electron chi connectivity index (χ0n) is 39.1. The van der Waals surface area contributed by atoms with Crippen LogP contribution >= 0.6 is 0 Å². The van der Waals surface area contributed by atoms with Gasteiger partial charge in [-0.15, -0.1) is 0 Å². The van der Waals surface area contributed by atoms with Gasteiger partial charge in [-0.25, -0.2) is 9.59 Å². The number of esters is 4. The Morgan fingerprint density at radius 3 is 0.967 bits per heavy atom. The second-order valence-electron chi connectivity index (χ2n) is 17.0. The highest BCUT2D eigenvalue weighted by atomic mass is 16.6. The lowest BCUT2D eigenvalue weighted by molar-refractivity contribution is -0.157. The molecule has 0 aromatic carbocycles. The van der Waals surface area contributed by atoms with Gasteiger partial charge >= 0.3 is 23.9 Å². The number of unbranched alkanes of at least 4 members (excludes halogenated alkanes) is 21. The molecule has 0 fully saturated rings. The summed E-state index contributed by atoms with van der Waals surface area (Å²) in [5, 5.41) is 0. The molecule has 0 radical (unpaired) electrons. The molecule has 0 aliphatic rings. The fourth-order valence-electron chi connectivity index (χ4n) is 6.89. The molecule has 10 nitrogen and oxygen atoms in total. The summed E-state index contributed by atoms with van der Waals surface area (Å²) in [5.41, 5.74) is -1.21. The summed E-state index contributed by atoms with van der Waals surface area (Å²) in [6, 6.07) is 0. The van der Waals surface area contributed by atoms with Crippen LogP contribution in [-0.4, -0.2) is 76.7 Å². The van der Waals surface area contributed by atoms with Gasteiger partial charge in [0.1, 0.15) is 26.4 Å². The van der Waals surface area contributed by atoms with Crippen molar-refractivity contribution in [2.75, 3.05) is 52.9 Å². The zero-order valence-corrected chi connectivity index (χ0v) is 39.1. The number of ether oxygens (including phenoxy) is 6. The number of carbonyl (C=O) groups excluding carboxylic acids is 4. The molecule has 0 rings (SSSR count). The molecule has 0 aliphatic heterocycles. The van der Waals surface area contributed by atoms with Gasteiger partial charge in [-0.05, 0) is 38.5 Å². The summed E-state index contributed by atoms with van der Waals surface area (Å²) in [7, 11) is 0. The van der Waals surface area contributed by atoms with E-state index < -0.39 is 22.8 Å². The van der Waals surface area contributed by atoms with E-state index in [9.17, 15) is 19.2 Å². The van der Waals surface area contributed by atoms with Gasteiger partial charge in [0, 0.05) is 38.2 Å². The predicted molar refractivity (Wildman–Crippen MR) is 243 cm³/mol. The van der Waals surface area contributed by atoms with Crippen LogP contribution in [0.4, 0.5) is 0 Å². The van der Waals surface area contributed by atoms with E-state index in [4.69, 9.17) is 28.4 Å². The first-order valence-electron chi connectivity index (χ1n) is 24.2. The minimum Gasteiger partial charge on any atom is -0.465 e. The Kier molecular flexibility index (Phi) is 38.5. The summed E-state index contributed by atoms with van der Waals surface area (Å²) in [6.45, 7) is 17.9. The van der Waals surface area contributed by atoms with Gasteiger partial charge in [-0.1, -0.05) is 169 Å². The largest absolute Gasteiger partial charge is 0.465 e. The molecule has 350 valence electrons. The molecular formula is C50H90O10. The maximum Gasteiger partial charge on any atom is 0.330 e. The van der Waals surface area contributed by atoms with Crippen LogP contribution in [0.2, 0.25) is 0 Å².